The number of piperidine rings is 1. The van der Waals surface area contributed by atoms with E-state index in [1.807, 2.05) is 6.07 Å². The van der Waals surface area contributed by atoms with Crippen LogP contribution in [0, 0.1) is 5.92 Å². The van der Waals surface area contributed by atoms with Gasteiger partial charge >= 0.3 is 0 Å². The van der Waals surface area contributed by atoms with Crippen LogP contribution in [0.2, 0.25) is 0 Å². The van der Waals surface area contributed by atoms with E-state index in [1.165, 1.54) is 18.4 Å². The SMILES string of the molecule is O=C(C1CCN(C/C=C/c2ccccc2)CC1)N1CCCC1. The van der Waals surface area contributed by atoms with Gasteiger partial charge in [-0.25, -0.2) is 0 Å². The quantitative estimate of drug-likeness (QED) is 0.853. The molecule has 3 heteroatoms. The lowest BCUT2D eigenvalue weighted by Gasteiger charge is -2.32. The molecule has 3 nitrogen and oxygen atoms in total. The number of carbonyl (C=O) groups excluding carboxylic acids is 1. The van der Waals surface area contributed by atoms with E-state index in [0.717, 1.165) is 45.6 Å². The molecule has 0 unspecified atom stereocenters. The largest absolute Gasteiger partial charge is 0.342 e. The Morgan fingerprint density at radius 2 is 1.73 bits per heavy atom. The Morgan fingerprint density at radius 3 is 2.41 bits per heavy atom. The number of rotatable bonds is 4. The van der Waals surface area contributed by atoms with Gasteiger partial charge in [-0.2, -0.15) is 0 Å². The van der Waals surface area contributed by atoms with E-state index >= 15 is 0 Å². The highest BCUT2D eigenvalue weighted by Crippen LogP contribution is 2.22. The summed E-state index contributed by atoms with van der Waals surface area (Å²) < 4.78 is 0. The van der Waals surface area contributed by atoms with Crippen molar-refractivity contribution in [1.29, 1.82) is 0 Å². The van der Waals surface area contributed by atoms with Gasteiger partial charge < -0.3 is 4.90 Å². The van der Waals surface area contributed by atoms with Gasteiger partial charge in [-0.1, -0.05) is 42.5 Å². The van der Waals surface area contributed by atoms with Gasteiger partial charge in [-0.05, 0) is 44.3 Å². The molecule has 0 spiro atoms. The molecule has 1 aromatic rings. The van der Waals surface area contributed by atoms with E-state index in [1.54, 1.807) is 0 Å². The van der Waals surface area contributed by atoms with Crippen LogP contribution in [0.3, 0.4) is 0 Å². The number of nitrogens with zero attached hydrogens (tertiary/aromatic N) is 2. The summed E-state index contributed by atoms with van der Waals surface area (Å²) in [7, 11) is 0. The third-order valence-electron chi connectivity index (χ3n) is 4.83. The minimum Gasteiger partial charge on any atom is -0.342 e. The molecule has 0 saturated carbocycles. The van der Waals surface area contributed by atoms with Crippen molar-refractivity contribution >= 4 is 12.0 Å². The number of amides is 1. The van der Waals surface area contributed by atoms with Crippen LogP contribution in [-0.2, 0) is 4.79 Å². The molecule has 2 aliphatic rings. The van der Waals surface area contributed by atoms with Gasteiger partial charge in [-0.3, -0.25) is 9.69 Å². The van der Waals surface area contributed by atoms with Crippen molar-refractivity contribution in [3.63, 3.8) is 0 Å². The highest BCUT2D eigenvalue weighted by molar-refractivity contribution is 5.79. The zero-order valence-corrected chi connectivity index (χ0v) is 13.3. The number of carbonyl (C=O) groups is 1. The molecule has 0 aliphatic carbocycles. The van der Waals surface area contributed by atoms with Crippen molar-refractivity contribution in [2.24, 2.45) is 5.92 Å². The van der Waals surface area contributed by atoms with Crippen molar-refractivity contribution < 1.29 is 4.79 Å². The molecule has 2 aliphatic heterocycles. The van der Waals surface area contributed by atoms with Crippen LogP contribution in [0.15, 0.2) is 36.4 Å². The molecule has 0 N–H and O–H groups in total. The second-order valence-corrected chi connectivity index (χ2v) is 6.42. The van der Waals surface area contributed by atoms with Crippen molar-refractivity contribution in [2.45, 2.75) is 25.7 Å². The Hall–Kier alpha value is -1.61. The van der Waals surface area contributed by atoms with Gasteiger partial charge in [0.15, 0.2) is 0 Å². The van der Waals surface area contributed by atoms with Crippen LogP contribution < -0.4 is 0 Å². The van der Waals surface area contributed by atoms with Gasteiger partial charge in [0.25, 0.3) is 0 Å². The summed E-state index contributed by atoms with van der Waals surface area (Å²) in [5, 5.41) is 0. The maximum Gasteiger partial charge on any atom is 0.225 e. The predicted molar refractivity (Wildman–Crippen MR) is 90.5 cm³/mol. The van der Waals surface area contributed by atoms with Crippen LogP contribution in [0.25, 0.3) is 6.08 Å². The molecule has 0 radical (unpaired) electrons. The average molecular weight is 298 g/mol. The molecule has 0 aromatic heterocycles. The van der Waals surface area contributed by atoms with E-state index < -0.39 is 0 Å². The summed E-state index contributed by atoms with van der Waals surface area (Å²) in [4.78, 5) is 16.9. The monoisotopic (exact) mass is 298 g/mol. The molecule has 2 fully saturated rings. The van der Waals surface area contributed by atoms with Crippen molar-refractivity contribution in [3.8, 4) is 0 Å². The predicted octanol–water partition coefficient (Wildman–Crippen LogP) is 3.03. The first-order valence-corrected chi connectivity index (χ1v) is 8.55. The topological polar surface area (TPSA) is 23.6 Å². The number of hydrogen-bond acceptors (Lipinski definition) is 2. The van der Waals surface area contributed by atoms with Gasteiger partial charge in [0.1, 0.15) is 0 Å². The number of benzene rings is 1. The maximum absolute atomic E-state index is 12.4. The summed E-state index contributed by atoms with van der Waals surface area (Å²) in [5.41, 5.74) is 1.25. The average Bonchev–Trinajstić information content (AvgIpc) is 3.10. The number of likely N-dealkylation sites (tertiary alicyclic amines) is 2. The second-order valence-electron chi connectivity index (χ2n) is 6.42. The Balaban J connectivity index is 1.42. The Kier molecular flexibility index (Phi) is 5.28. The summed E-state index contributed by atoms with van der Waals surface area (Å²) >= 11 is 0. The Labute approximate surface area is 133 Å². The second kappa shape index (κ2) is 7.59. The molecule has 2 heterocycles. The fraction of sp³-hybridized carbons (Fsp3) is 0.526. The Morgan fingerprint density at radius 1 is 1.05 bits per heavy atom. The molecule has 2 saturated heterocycles. The van der Waals surface area contributed by atoms with E-state index in [0.29, 0.717) is 5.91 Å². The minimum atomic E-state index is 0.271. The van der Waals surface area contributed by atoms with Gasteiger partial charge in [0, 0.05) is 25.6 Å². The normalized spacial score (nSPS) is 20.8. The lowest BCUT2D eigenvalue weighted by atomic mass is 9.95. The fourth-order valence-corrected chi connectivity index (χ4v) is 3.46. The maximum atomic E-state index is 12.4. The van der Waals surface area contributed by atoms with E-state index in [9.17, 15) is 4.79 Å². The summed E-state index contributed by atoms with van der Waals surface area (Å²) in [6, 6.07) is 10.4. The molecule has 3 rings (SSSR count). The third-order valence-corrected chi connectivity index (χ3v) is 4.83. The lowest BCUT2D eigenvalue weighted by Crippen LogP contribution is -2.41. The van der Waals surface area contributed by atoms with E-state index in [4.69, 9.17) is 0 Å². The summed E-state index contributed by atoms with van der Waals surface area (Å²) in [6.07, 6.45) is 8.84. The van der Waals surface area contributed by atoms with Crippen molar-refractivity contribution in [2.75, 3.05) is 32.7 Å². The lowest BCUT2D eigenvalue weighted by molar-refractivity contribution is -0.135. The molecule has 1 aromatic carbocycles. The highest BCUT2D eigenvalue weighted by atomic mass is 16.2. The van der Waals surface area contributed by atoms with Gasteiger partial charge in [0.2, 0.25) is 5.91 Å². The van der Waals surface area contributed by atoms with Crippen molar-refractivity contribution in [1.82, 2.24) is 9.80 Å². The first-order valence-electron chi connectivity index (χ1n) is 8.55. The van der Waals surface area contributed by atoms with E-state index in [-0.39, 0.29) is 5.92 Å². The van der Waals surface area contributed by atoms with Crippen LogP contribution in [0.1, 0.15) is 31.2 Å². The van der Waals surface area contributed by atoms with Gasteiger partial charge in [-0.15, -0.1) is 0 Å². The zero-order valence-electron chi connectivity index (χ0n) is 13.3. The highest BCUT2D eigenvalue weighted by Gasteiger charge is 2.29. The zero-order chi connectivity index (χ0) is 15.2. The first-order chi connectivity index (χ1) is 10.8. The molecule has 118 valence electrons. The van der Waals surface area contributed by atoms with E-state index in [2.05, 4.69) is 46.2 Å². The summed E-state index contributed by atoms with van der Waals surface area (Å²) in [6.45, 7) is 5.05. The molecule has 0 atom stereocenters. The van der Waals surface area contributed by atoms with Crippen LogP contribution in [-0.4, -0.2) is 48.4 Å². The molecular weight excluding hydrogens is 272 g/mol. The molecule has 0 bridgehead atoms. The van der Waals surface area contributed by atoms with Gasteiger partial charge in [0.05, 0.1) is 0 Å². The van der Waals surface area contributed by atoms with Crippen LogP contribution in [0.4, 0.5) is 0 Å². The smallest absolute Gasteiger partial charge is 0.225 e. The van der Waals surface area contributed by atoms with Crippen LogP contribution in [0.5, 0.6) is 0 Å². The summed E-state index contributed by atoms with van der Waals surface area (Å²) in [5.74, 6) is 0.685. The Bertz CT molecular complexity index is 497. The number of hydrogen-bond donors (Lipinski definition) is 0. The van der Waals surface area contributed by atoms with Crippen molar-refractivity contribution in [3.05, 3.63) is 42.0 Å². The standard InChI is InChI=1S/C19H26N2O/c22-19(21-13-4-5-14-21)18-10-15-20(16-11-18)12-6-9-17-7-2-1-3-8-17/h1-3,6-9,18H,4-5,10-16H2/b9-6+. The first kappa shape index (κ1) is 15.3. The molecule has 1 amide bonds. The van der Waals surface area contributed by atoms with Crippen LogP contribution >= 0.6 is 0 Å². The molecule has 22 heavy (non-hydrogen) atoms. The minimum absolute atomic E-state index is 0.271. The molecular formula is C19H26N2O. The fourth-order valence-electron chi connectivity index (χ4n) is 3.46. The third kappa shape index (κ3) is 3.98.